The smallest absolute Gasteiger partial charge is 0.337 e. The second kappa shape index (κ2) is 6.08. The highest BCUT2D eigenvalue weighted by molar-refractivity contribution is 7.89. The summed E-state index contributed by atoms with van der Waals surface area (Å²) < 4.78 is 26.5. The number of carbonyl (C=O) groups is 1. The molecule has 1 aliphatic rings. The van der Waals surface area contributed by atoms with Crippen molar-refractivity contribution in [1.82, 2.24) is 14.2 Å². The van der Waals surface area contributed by atoms with Crippen LogP contribution in [0.25, 0.3) is 0 Å². The van der Waals surface area contributed by atoms with E-state index >= 15 is 0 Å². The fourth-order valence-corrected chi connectivity index (χ4v) is 3.75. The van der Waals surface area contributed by atoms with Crippen molar-refractivity contribution < 1.29 is 18.3 Å². The van der Waals surface area contributed by atoms with Crippen LogP contribution < -0.4 is 0 Å². The molecule has 1 fully saturated rings. The Morgan fingerprint density at radius 2 is 2.14 bits per heavy atom. The van der Waals surface area contributed by atoms with Gasteiger partial charge in [-0.2, -0.15) is 4.31 Å². The summed E-state index contributed by atoms with van der Waals surface area (Å²) in [6.07, 6.45) is 1.94. The highest BCUT2D eigenvalue weighted by Gasteiger charge is 2.32. The molecular formula is C13H19N3O4S. The number of pyridine rings is 1. The van der Waals surface area contributed by atoms with E-state index in [0.717, 1.165) is 12.6 Å². The van der Waals surface area contributed by atoms with Crippen LogP contribution in [0.4, 0.5) is 0 Å². The quantitative estimate of drug-likeness (QED) is 0.870. The fourth-order valence-electron chi connectivity index (χ4n) is 2.37. The Morgan fingerprint density at radius 1 is 1.43 bits per heavy atom. The summed E-state index contributed by atoms with van der Waals surface area (Å²) in [7, 11) is -1.68. The first-order chi connectivity index (χ1) is 9.86. The molecule has 0 radical (unpaired) electrons. The molecule has 7 nitrogen and oxygen atoms in total. The number of hydrogen-bond acceptors (Lipinski definition) is 5. The zero-order valence-electron chi connectivity index (χ0n) is 12.1. The highest BCUT2D eigenvalue weighted by Crippen LogP contribution is 2.19. The predicted molar refractivity (Wildman–Crippen MR) is 76.7 cm³/mol. The summed E-state index contributed by atoms with van der Waals surface area (Å²) in [5.41, 5.74) is -0.0289. The molecule has 1 saturated heterocycles. The molecule has 0 saturated carbocycles. The van der Waals surface area contributed by atoms with Gasteiger partial charge in [-0.25, -0.2) is 18.2 Å². The molecule has 1 atom stereocenters. The average molecular weight is 313 g/mol. The van der Waals surface area contributed by atoms with Crippen molar-refractivity contribution in [2.45, 2.75) is 24.4 Å². The molecule has 2 rings (SSSR count). The van der Waals surface area contributed by atoms with E-state index in [4.69, 9.17) is 5.11 Å². The topological polar surface area (TPSA) is 90.8 Å². The number of rotatable bonds is 4. The lowest BCUT2D eigenvalue weighted by atomic mass is 10.1. The van der Waals surface area contributed by atoms with Gasteiger partial charge in [-0.1, -0.05) is 6.92 Å². The van der Waals surface area contributed by atoms with Crippen LogP contribution in [-0.4, -0.2) is 66.4 Å². The van der Waals surface area contributed by atoms with Crippen LogP contribution in [0.3, 0.4) is 0 Å². The van der Waals surface area contributed by atoms with Crippen LogP contribution in [0.5, 0.6) is 0 Å². The predicted octanol–water partition coefficient (Wildman–Crippen LogP) is 0.495. The zero-order chi connectivity index (χ0) is 15.6. The third-order valence-corrected chi connectivity index (χ3v) is 5.58. The first kappa shape index (κ1) is 15.9. The number of sulfonamides is 1. The van der Waals surface area contributed by atoms with Crippen LogP contribution in [0.15, 0.2) is 23.4 Å². The summed E-state index contributed by atoms with van der Waals surface area (Å²) in [5.74, 6) is -1.13. The Labute approximate surface area is 124 Å². The minimum absolute atomic E-state index is 0.0289. The van der Waals surface area contributed by atoms with Crippen molar-refractivity contribution in [2.75, 3.05) is 26.7 Å². The van der Waals surface area contributed by atoms with E-state index in [1.54, 1.807) is 0 Å². The van der Waals surface area contributed by atoms with Gasteiger partial charge in [0, 0.05) is 31.9 Å². The molecular weight excluding hydrogens is 294 g/mol. The second-order valence-electron chi connectivity index (χ2n) is 5.10. The lowest BCUT2D eigenvalue weighted by Gasteiger charge is -2.38. The van der Waals surface area contributed by atoms with Crippen molar-refractivity contribution in [1.29, 1.82) is 0 Å². The minimum atomic E-state index is -3.67. The van der Waals surface area contributed by atoms with Gasteiger partial charge in [0.05, 0.1) is 5.56 Å². The van der Waals surface area contributed by atoms with E-state index in [9.17, 15) is 13.2 Å². The number of carboxylic acids is 1. The Kier molecular flexibility index (Phi) is 4.60. The molecule has 1 unspecified atom stereocenters. The number of hydrogen-bond donors (Lipinski definition) is 1. The van der Waals surface area contributed by atoms with Crippen LogP contribution in [0, 0.1) is 0 Å². The maximum absolute atomic E-state index is 12.5. The molecule has 1 N–H and O–H groups in total. The molecule has 2 heterocycles. The first-order valence-corrected chi connectivity index (χ1v) is 8.20. The van der Waals surface area contributed by atoms with Crippen molar-refractivity contribution >= 4 is 16.0 Å². The van der Waals surface area contributed by atoms with Crippen molar-refractivity contribution in [3.05, 3.63) is 23.9 Å². The van der Waals surface area contributed by atoms with Crippen molar-refractivity contribution in [3.63, 3.8) is 0 Å². The highest BCUT2D eigenvalue weighted by atomic mass is 32.2. The molecule has 0 aromatic carbocycles. The molecule has 21 heavy (non-hydrogen) atoms. The van der Waals surface area contributed by atoms with Gasteiger partial charge >= 0.3 is 5.97 Å². The summed E-state index contributed by atoms with van der Waals surface area (Å²) in [6.45, 7) is 3.54. The van der Waals surface area contributed by atoms with Crippen molar-refractivity contribution in [3.8, 4) is 0 Å². The first-order valence-electron chi connectivity index (χ1n) is 6.76. The standard InChI is InChI=1S/C13H19N3O4S/c1-3-11-9-16(7-6-15(11)2)21(19,20)12-5-4-10(8-14-12)13(17)18/h4-5,8,11H,3,6-7,9H2,1-2H3,(H,17,18). The van der Waals surface area contributed by atoms with Gasteiger partial charge in [0.1, 0.15) is 0 Å². The summed E-state index contributed by atoms with van der Waals surface area (Å²) in [4.78, 5) is 16.7. The number of likely N-dealkylation sites (N-methyl/N-ethyl adjacent to an activating group) is 1. The molecule has 8 heteroatoms. The van der Waals surface area contributed by atoms with Gasteiger partial charge in [0.2, 0.25) is 0 Å². The Balaban J connectivity index is 2.23. The summed E-state index contributed by atoms with van der Waals surface area (Å²) >= 11 is 0. The van der Waals surface area contributed by atoms with E-state index in [1.807, 2.05) is 14.0 Å². The monoisotopic (exact) mass is 313 g/mol. The normalized spacial score (nSPS) is 21.3. The van der Waals surface area contributed by atoms with Crippen LogP contribution >= 0.6 is 0 Å². The van der Waals surface area contributed by atoms with Crippen LogP contribution in [-0.2, 0) is 10.0 Å². The average Bonchev–Trinajstić information content (AvgIpc) is 2.47. The van der Waals surface area contributed by atoms with E-state index in [0.29, 0.717) is 19.6 Å². The zero-order valence-corrected chi connectivity index (χ0v) is 12.9. The maximum atomic E-state index is 12.5. The van der Waals surface area contributed by atoms with Crippen molar-refractivity contribution in [2.24, 2.45) is 0 Å². The number of aromatic nitrogens is 1. The fraction of sp³-hybridized carbons (Fsp3) is 0.538. The summed E-state index contributed by atoms with van der Waals surface area (Å²) in [6, 6.07) is 2.69. The molecule has 0 amide bonds. The van der Waals surface area contributed by atoms with E-state index in [-0.39, 0.29) is 16.6 Å². The second-order valence-corrected chi connectivity index (χ2v) is 6.98. The van der Waals surface area contributed by atoms with E-state index in [1.165, 1.54) is 16.4 Å². The van der Waals surface area contributed by atoms with Gasteiger partial charge in [0.15, 0.2) is 5.03 Å². The van der Waals surface area contributed by atoms with Gasteiger partial charge in [-0.3, -0.25) is 0 Å². The Hall–Kier alpha value is -1.51. The molecule has 1 aromatic heterocycles. The van der Waals surface area contributed by atoms with Gasteiger partial charge in [0.25, 0.3) is 10.0 Å². The lowest BCUT2D eigenvalue weighted by Crippen LogP contribution is -2.52. The third kappa shape index (κ3) is 3.22. The van der Waals surface area contributed by atoms with Crippen LogP contribution in [0.1, 0.15) is 23.7 Å². The maximum Gasteiger partial charge on any atom is 0.337 e. The number of carboxylic acid groups (broad SMARTS) is 1. The lowest BCUT2D eigenvalue weighted by molar-refractivity contribution is 0.0696. The van der Waals surface area contributed by atoms with Crippen LogP contribution in [0.2, 0.25) is 0 Å². The molecule has 116 valence electrons. The van der Waals surface area contributed by atoms with E-state index in [2.05, 4.69) is 9.88 Å². The SMILES string of the molecule is CCC1CN(S(=O)(=O)c2ccc(C(=O)O)cn2)CCN1C. The molecule has 1 aliphatic heterocycles. The van der Waals surface area contributed by atoms with Gasteiger partial charge < -0.3 is 10.0 Å². The number of nitrogens with zero attached hydrogens (tertiary/aromatic N) is 3. The Morgan fingerprint density at radius 3 is 2.67 bits per heavy atom. The van der Waals surface area contributed by atoms with Gasteiger partial charge in [-0.05, 0) is 25.6 Å². The summed E-state index contributed by atoms with van der Waals surface area (Å²) in [5, 5.41) is 8.71. The third-order valence-electron chi connectivity index (χ3n) is 3.80. The number of piperazine rings is 1. The van der Waals surface area contributed by atoms with E-state index < -0.39 is 16.0 Å². The molecule has 1 aromatic rings. The molecule has 0 aliphatic carbocycles. The molecule has 0 spiro atoms. The minimum Gasteiger partial charge on any atom is -0.478 e. The largest absolute Gasteiger partial charge is 0.478 e. The number of aromatic carboxylic acids is 1. The Bertz CT molecular complexity index is 615. The molecule has 0 bridgehead atoms. The van der Waals surface area contributed by atoms with Gasteiger partial charge in [-0.15, -0.1) is 0 Å².